The van der Waals surface area contributed by atoms with Gasteiger partial charge >= 0.3 is 6.18 Å². The van der Waals surface area contributed by atoms with Crippen LogP contribution in [0.4, 0.5) is 24.5 Å². The first-order valence-electron chi connectivity index (χ1n) is 10.5. The van der Waals surface area contributed by atoms with Crippen molar-refractivity contribution in [3.8, 4) is 0 Å². The molecule has 3 amide bonds. The number of nitrogens with zero attached hydrogens (tertiary/aromatic N) is 2. The van der Waals surface area contributed by atoms with E-state index in [2.05, 4.69) is 5.32 Å². The van der Waals surface area contributed by atoms with E-state index < -0.39 is 40.9 Å². The molecule has 4 aliphatic rings. The Hall–Kier alpha value is -3.20. The fourth-order valence-corrected chi connectivity index (χ4v) is 6.23. The van der Waals surface area contributed by atoms with Gasteiger partial charge in [-0.1, -0.05) is 24.3 Å². The van der Waals surface area contributed by atoms with Crippen LogP contribution in [-0.4, -0.2) is 35.2 Å². The summed E-state index contributed by atoms with van der Waals surface area (Å²) in [4.78, 5) is 43.5. The van der Waals surface area contributed by atoms with Gasteiger partial charge in [-0.3, -0.25) is 19.3 Å². The average molecular weight is 441 g/mol. The van der Waals surface area contributed by atoms with Crippen LogP contribution in [0.5, 0.6) is 0 Å². The number of hydrogen-bond acceptors (Lipinski definition) is 4. The Bertz CT molecular complexity index is 1200. The quantitative estimate of drug-likeness (QED) is 0.691. The molecule has 164 valence electrons. The lowest BCUT2D eigenvalue weighted by atomic mass is 9.75. The van der Waals surface area contributed by atoms with Crippen LogP contribution in [0.2, 0.25) is 0 Å². The normalized spacial score (nSPS) is 31.3. The number of halogens is 3. The summed E-state index contributed by atoms with van der Waals surface area (Å²) in [5, 5.41) is 2.86. The van der Waals surface area contributed by atoms with Crippen molar-refractivity contribution in [2.24, 2.45) is 11.8 Å². The predicted octanol–water partition coefficient (Wildman–Crippen LogP) is 3.14. The molecule has 4 heterocycles. The van der Waals surface area contributed by atoms with Gasteiger partial charge in [-0.25, -0.2) is 4.90 Å². The second-order valence-corrected chi connectivity index (χ2v) is 8.73. The zero-order valence-electron chi connectivity index (χ0n) is 16.7. The number of rotatable bonds is 1. The van der Waals surface area contributed by atoms with E-state index in [1.54, 1.807) is 24.3 Å². The number of para-hydroxylation sites is 1. The molecule has 2 aromatic rings. The molecule has 6 rings (SSSR count). The van der Waals surface area contributed by atoms with Crippen LogP contribution in [0, 0.1) is 11.8 Å². The average Bonchev–Trinajstić information content (AvgIpc) is 3.46. The third kappa shape index (κ3) is 2.21. The van der Waals surface area contributed by atoms with Gasteiger partial charge in [0, 0.05) is 17.3 Å². The zero-order chi connectivity index (χ0) is 22.4. The molecule has 4 aliphatic heterocycles. The van der Waals surface area contributed by atoms with E-state index >= 15 is 0 Å². The summed E-state index contributed by atoms with van der Waals surface area (Å²) in [6.07, 6.45) is -3.19. The van der Waals surface area contributed by atoms with Gasteiger partial charge in [-0.05, 0) is 43.7 Å². The zero-order valence-corrected chi connectivity index (χ0v) is 16.7. The van der Waals surface area contributed by atoms with Crippen LogP contribution in [0.3, 0.4) is 0 Å². The fraction of sp³-hybridized carbons (Fsp3) is 0.348. The van der Waals surface area contributed by atoms with Gasteiger partial charge in [0.15, 0.2) is 0 Å². The van der Waals surface area contributed by atoms with Crippen molar-refractivity contribution >= 4 is 29.1 Å². The Morgan fingerprint density at radius 1 is 1.00 bits per heavy atom. The maximum atomic E-state index is 13.7. The highest BCUT2D eigenvalue weighted by Gasteiger charge is 2.74. The van der Waals surface area contributed by atoms with Gasteiger partial charge in [0.2, 0.25) is 17.7 Å². The number of nitrogens with one attached hydrogen (secondary N) is 1. The van der Waals surface area contributed by atoms with Crippen molar-refractivity contribution in [1.82, 2.24) is 4.90 Å². The van der Waals surface area contributed by atoms with E-state index in [0.717, 1.165) is 23.5 Å². The van der Waals surface area contributed by atoms with E-state index in [9.17, 15) is 27.6 Å². The van der Waals surface area contributed by atoms with Crippen molar-refractivity contribution in [2.75, 3.05) is 16.8 Å². The molecule has 0 aromatic heterocycles. The summed E-state index contributed by atoms with van der Waals surface area (Å²) in [6.45, 7) is 0.573. The first-order chi connectivity index (χ1) is 15.3. The summed E-state index contributed by atoms with van der Waals surface area (Å²) in [7, 11) is 0. The SMILES string of the molecule is O=C1C2C3CCCN3C3(C(=O)Nc4ccccc43)C2C(=O)N1c1cccc(C(F)(F)F)c1. The summed E-state index contributed by atoms with van der Waals surface area (Å²) >= 11 is 0. The standard InChI is InChI=1S/C23H18F3N3O3/c24-23(25,26)12-5-3-6-13(11-12)29-19(30)17-16-9-4-10-28(16)22(18(17)20(29)31)14-7-1-2-8-15(14)27-21(22)32/h1-3,5-8,11,16-18H,4,9-10H2,(H,27,32). The molecule has 4 unspecified atom stereocenters. The van der Waals surface area contributed by atoms with Crippen LogP contribution < -0.4 is 10.2 Å². The van der Waals surface area contributed by atoms with E-state index in [4.69, 9.17) is 0 Å². The van der Waals surface area contributed by atoms with E-state index in [-0.39, 0.29) is 17.6 Å². The molecule has 6 nitrogen and oxygen atoms in total. The van der Waals surface area contributed by atoms with Crippen molar-refractivity contribution < 1.29 is 27.6 Å². The second-order valence-electron chi connectivity index (χ2n) is 8.73. The number of carbonyl (C=O) groups is 3. The summed E-state index contributed by atoms with van der Waals surface area (Å²) < 4.78 is 39.8. The highest BCUT2D eigenvalue weighted by Crippen LogP contribution is 2.60. The molecular formula is C23H18F3N3O3. The number of carbonyl (C=O) groups excluding carboxylic acids is 3. The van der Waals surface area contributed by atoms with Crippen LogP contribution >= 0.6 is 0 Å². The lowest BCUT2D eigenvalue weighted by Crippen LogP contribution is -2.54. The Morgan fingerprint density at radius 3 is 2.56 bits per heavy atom. The third-order valence-corrected chi connectivity index (χ3v) is 7.33. The first-order valence-corrected chi connectivity index (χ1v) is 10.5. The fourth-order valence-electron chi connectivity index (χ4n) is 6.23. The number of amides is 3. The van der Waals surface area contributed by atoms with Crippen LogP contribution in [0.25, 0.3) is 0 Å². The molecule has 1 N–H and O–H groups in total. The summed E-state index contributed by atoms with van der Waals surface area (Å²) in [5.74, 6) is -3.29. The van der Waals surface area contributed by atoms with Crippen LogP contribution in [0.1, 0.15) is 24.0 Å². The maximum absolute atomic E-state index is 13.7. The molecule has 2 aromatic carbocycles. The van der Waals surface area contributed by atoms with Gasteiger partial charge in [0.25, 0.3) is 0 Å². The van der Waals surface area contributed by atoms with Gasteiger partial charge in [0.05, 0.1) is 23.1 Å². The smallest absolute Gasteiger partial charge is 0.324 e. The molecule has 0 bridgehead atoms. The van der Waals surface area contributed by atoms with E-state index in [1.807, 2.05) is 4.90 Å². The molecule has 3 fully saturated rings. The lowest BCUT2D eigenvalue weighted by Gasteiger charge is -2.36. The van der Waals surface area contributed by atoms with Gasteiger partial charge in [0.1, 0.15) is 5.54 Å². The highest BCUT2D eigenvalue weighted by atomic mass is 19.4. The monoisotopic (exact) mass is 441 g/mol. The van der Waals surface area contributed by atoms with E-state index in [1.165, 1.54) is 12.1 Å². The number of imide groups is 1. The number of alkyl halides is 3. The molecule has 0 radical (unpaired) electrons. The molecule has 32 heavy (non-hydrogen) atoms. The van der Waals surface area contributed by atoms with Crippen molar-refractivity contribution in [3.63, 3.8) is 0 Å². The van der Waals surface area contributed by atoms with Gasteiger partial charge in [-0.15, -0.1) is 0 Å². The summed E-state index contributed by atoms with van der Waals surface area (Å²) in [5.41, 5.74) is -1.13. The van der Waals surface area contributed by atoms with Gasteiger partial charge in [-0.2, -0.15) is 13.2 Å². The summed E-state index contributed by atoms with van der Waals surface area (Å²) in [6, 6.07) is 11.0. The molecule has 3 saturated heterocycles. The molecule has 0 saturated carbocycles. The van der Waals surface area contributed by atoms with Crippen molar-refractivity contribution in [3.05, 3.63) is 59.7 Å². The first kappa shape index (κ1) is 19.5. The minimum absolute atomic E-state index is 0.115. The molecule has 1 spiro atoms. The van der Waals surface area contributed by atoms with Crippen molar-refractivity contribution in [1.29, 1.82) is 0 Å². The predicted molar refractivity (Wildman–Crippen MR) is 107 cm³/mol. The number of fused-ring (bicyclic) bond motifs is 7. The molecule has 9 heteroatoms. The minimum atomic E-state index is -4.61. The third-order valence-electron chi connectivity index (χ3n) is 7.33. The van der Waals surface area contributed by atoms with Gasteiger partial charge < -0.3 is 5.32 Å². The van der Waals surface area contributed by atoms with Crippen LogP contribution in [-0.2, 0) is 26.1 Å². The molecule has 0 aliphatic carbocycles. The topological polar surface area (TPSA) is 69.7 Å². The number of benzene rings is 2. The molecule has 4 atom stereocenters. The largest absolute Gasteiger partial charge is 0.416 e. The number of anilines is 2. The Balaban J connectivity index is 1.52. The highest BCUT2D eigenvalue weighted by molar-refractivity contribution is 6.25. The minimum Gasteiger partial charge on any atom is -0.324 e. The Labute approximate surface area is 181 Å². The Kier molecular flexibility index (Phi) is 3.77. The van der Waals surface area contributed by atoms with Crippen molar-refractivity contribution in [2.45, 2.75) is 30.6 Å². The van der Waals surface area contributed by atoms with E-state index in [0.29, 0.717) is 24.2 Å². The number of hydrogen-bond donors (Lipinski definition) is 1. The maximum Gasteiger partial charge on any atom is 0.416 e. The second kappa shape index (κ2) is 6.19. The lowest BCUT2D eigenvalue weighted by molar-refractivity contribution is -0.137. The Morgan fingerprint density at radius 2 is 1.78 bits per heavy atom. The van der Waals surface area contributed by atoms with Crippen LogP contribution in [0.15, 0.2) is 48.5 Å². The molecular weight excluding hydrogens is 423 g/mol.